The Morgan fingerprint density at radius 2 is 1.88 bits per heavy atom. The van der Waals surface area contributed by atoms with Gasteiger partial charge in [-0.25, -0.2) is 0 Å². The first-order valence-corrected chi connectivity index (χ1v) is 8.92. The number of nitrogens with zero attached hydrogens (tertiary/aromatic N) is 1. The molecule has 1 atom stereocenters. The van der Waals surface area contributed by atoms with Gasteiger partial charge in [-0.1, -0.05) is 0 Å². The fourth-order valence-corrected chi connectivity index (χ4v) is 3.62. The maximum Gasteiger partial charge on any atom is 0.227 e. The molecule has 0 bridgehead atoms. The lowest BCUT2D eigenvalue weighted by atomic mass is 10.0. The van der Waals surface area contributed by atoms with E-state index in [1.807, 2.05) is 18.2 Å². The van der Waals surface area contributed by atoms with Crippen LogP contribution in [0.3, 0.4) is 0 Å². The van der Waals surface area contributed by atoms with Crippen LogP contribution in [0.4, 0.5) is 5.69 Å². The summed E-state index contributed by atoms with van der Waals surface area (Å²) in [6, 6.07) is 5.70. The number of hydrogen-bond acceptors (Lipinski definition) is 5. The van der Waals surface area contributed by atoms with E-state index < -0.39 is 0 Å². The highest BCUT2D eigenvalue weighted by Gasteiger charge is 2.36. The highest BCUT2D eigenvalue weighted by Crippen LogP contribution is 2.36. The van der Waals surface area contributed by atoms with E-state index in [2.05, 4.69) is 10.6 Å². The van der Waals surface area contributed by atoms with E-state index in [0.29, 0.717) is 31.3 Å². The quantitative estimate of drug-likeness (QED) is 0.819. The lowest BCUT2D eigenvalue weighted by Gasteiger charge is -2.25. The van der Waals surface area contributed by atoms with Crippen LogP contribution in [0.5, 0.6) is 11.5 Å². The third kappa shape index (κ3) is 3.88. The predicted molar refractivity (Wildman–Crippen MR) is 99.2 cm³/mol. The Balaban J connectivity index is 0.00000196. The van der Waals surface area contributed by atoms with Crippen molar-refractivity contribution in [3.05, 3.63) is 18.2 Å². The number of carbonyl (C=O) groups excluding carboxylic acids is 2. The van der Waals surface area contributed by atoms with Crippen LogP contribution in [0.15, 0.2) is 18.2 Å². The monoisotopic (exact) mass is 381 g/mol. The molecule has 2 saturated heterocycles. The molecular weight excluding hydrogens is 358 g/mol. The van der Waals surface area contributed by atoms with E-state index in [-0.39, 0.29) is 42.6 Å². The molecule has 2 N–H and O–H groups in total. The Kier molecular flexibility index (Phi) is 5.88. The molecule has 142 valence electrons. The van der Waals surface area contributed by atoms with Crippen molar-refractivity contribution < 1.29 is 19.1 Å². The predicted octanol–water partition coefficient (Wildman–Crippen LogP) is 1.10. The van der Waals surface area contributed by atoms with Gasteiger partial charge in [-0.3, -0.25) is 9.59 Å². The number of halogens is 1. The molecule has 0 saturated carbocycles. The van der Waals surface area contributed by atoms with E-state index in [4.69, 9.17) is 9.47 Å². The first kappa shape index (κ1) is 18.8. The molecule has 1 aromatic rings. The topological polar surface area (TPSA) is 79.9 Å². The Morgan fingerprint density at radius 1 is 1.15 bits per heavy atom. The summed E-state index contributed by atoms with van der Waals surface area (Å²) in [7, 11) is 0. The number of carbonyl (C=O) groups is 2. The van der Waals surface area contributed by atoms with Crippen LogP contribution in [0.1, 0.15) is 19.3 Å². The van der Waals surface area contributed by atoms with Gasteiger partial charge in [0, 0.05) is 30.8 Å². The summed E-state index contributed by atoms with van der Waals surface area (Å²) in [5, 5.41) is 6.38. The number of ether oxygens (including phenoxy) is 2. The lowest BCUT2D eigenvalue weighted by Crippen LogP contribution is -2.45. The van der Waals surface area contributed by atoms with Crippen molar-refractivity contribution in [1.29, 1.82) is 0 Å². The fraction of sp³-hybridized carbons (Fsp3) is 0.556. The van der Waals surface area contributed by atoms with Crippen molar-refractivity contribution in [2.75, 3.05) is 37.7 Å². The van der Waals surface area contributed by atoms with E-state index in [1.165, 1.54) is 0 Å². The molecule has 26 heavy (non-hydrogen) atoms. The third-order valence-electron chi connectivity index (χ3n) is 5.02. The molecule has 4 rings (SSSR count). The number of fused-ring (bicyclic) bond motifs is 1. The second kappa shape index (κ2) is 8.14. The van der Waals surface area contributed by atoms with Gasteiger partial charge in [0.2, 0.25) is 11.8 Å². The first-order valence-electron chi connectivity index (χ1n) is 8.92. The van der Waals surface area contributed by atoms with Crippen LogP contribution in [0.25, 0.3) is 0 Å². The Bertz CT molecular complexity index is 678. The van der Waals surface area contributed by atoms with Gasteiger partial charge < -0.3 is 25.0 Å². The van der Waals surface area contributed by atoms with Gasteiger partial charge in [0.05, 0.1) is 5.92 Å². The Labute approximate surface area is 158 Å². The lowest BCUT2D eigenvalue weighted by molar-refractivity contribution is -0.127. The smallest absolute Gasteiger partial charge is 0.227 e. The van der Waals surface area contributed by atoms with Crippen LogP contribution in [-0.2, 0) is 9.59 Å². The summed E-state index contributed by atoms with van der Waals surface area (Å²) in [5.41, 5.74) is 0.756. The number of benzene rings is 1. The number of amides is 2. The second-order valence-corrected chi connectivity index (χ2v) is 6.77. The molecule has 3 aliphatic heterocycles. The maximum atomic E-state index is 12.5. The molecule has 0 spiro atoms. The van der Waals surface area contributed by atoms with Gasteiger partial charge in [0.25, 0.3) is 0 Å². The molecular formula is C18H24ClN3O4. The molecule has 3 aliphatic rings. The number of nitrogens with one attached hydrogen (secondary N) is 2. The number of anilines is 1. The third-order valence-corrected chi connectivity index (χ3v) is 5.02. The fourth-order valence-electron chi connectivity index (χ4n) is 3.62. The molecule has 2 fully saturated rings. The second-order valence-electron chi connectivity index (χ2n) is 6.77. The van der Waals surface area contributed by atoms with E-state index in [0.717, 1.165) is 31.6 Å². The standard InChI is InChI=1S/C18H23N3O4.ClH/c22-17-9-12(18(23)20-13-3-5-19-6-4-13)11-21(17)14-1-2-15-16(10-14)25-8-7-24-15;/h1-2,10,12-13,19H,3-9,11H2,(H,20,23);1H. The summed E-state index contributed by atoms with van der Waals surface area (Å²) < 4.78 is 11.1. The SMILES string of the molecule is Cl.O=C(NC1CCNCC1)C1CC(=O)N(c2ccc3c(c2)OCCO3)C1. The normalized spacial score (nSPS) is 22.7. The summed E-state index contributed by atoms with van der Waals surface area (Å²) >= 11 is 0. The number of hydrogen-bond donors (Lipinski definition) is 2. The molecule has 0 aliphatic carbocycles. The zero-order chi connectivity index (χ0) is 17.2. The minimum atomic E-state index is -0.296. The minimum absolute atomic E-state index is 0. The van der Waals surface area contributed by atoms with Gasteiger partial charge in [0.1, 0.15) is 13.2 Å². The zero-order valence-electron chi connectivity index (χ0n) is 14.5. The average molecular weight is 382 g/mol. The first-order chi connectivity index (χ1) is 12.2. The Morgan fingerprint density at radius 3 is 2.65 bits per heavy atom. The van der Waals surface area contributed by atoms with Gasteiger partial charge >= 0.3 is 0 Å². The molecule has 2 amide bonds. The molecule has 1 unspecified atom stereocenters. The maximum absolute atomic E-state index is 12.5. The van der Waals surface area contributed by atoms with Gasteiger partial charge in [-0.15, -0.1) is 12.4 Å². The van der Waals surface area contributed by atoms with E-state index in [1.54, 1.807) is 4.90 Å². The molecule has 1 aromatic carbocycles. The number of piperidine rings is 1. The minimum Gasteiger partial charge on any atom is -0.486 e. The zero-order valence-corrected chi connectivity index (χ0v) is 15.3. The van der Waals surface area contributed by atoms with Crippen LogP contribution in [0.2, 0.25) is 0 Å². The van der Waals surface area contributed by atoms with E-state index >= 15 is 0 Å². The van der Waals surface area contributed by atoms with Crippen molar-refractivity contribution >= 4 is 29.9 Å². The van der Waals surface area contributed by atoms with Crippen LogP contribution >= 0.6 is 12.4 Å². The van der Waals surface area contributed by atoms with Crippen LogP contribution in [0, 0.1) is 5.92 Å². The van der Waals surface area contributed by atoms with E-state index in [9.17, 15) is 9.59 Å². The van der Waals surface area contributed by atoms with Crippen LogP contribution in [-0.4, -0.2) is 50.7 Å². The van der Waals surface area contributed by atoms with Gasteiger partial charge in [-0.05, 0) is 38.1 Å². The highest BCUT2D eigenvalue weighted by atomic mass is 35.5. The molecule has 3 heterocycles. The molecule has 0 radical (unpaired) electrons. The molecule has 0 aromatic heterocycles. The highest BCUT2D eigenvalue weighted by molar-refractivity contribution is 6.00. The van der Waals surface area contributed by atoms with Crippen LogP contribution < -0.4 is 25.0 Å². The molecule has 7 nitrogen and oxygen atoms in total. The van der Waals surface area contributed by atoms with Crippen molar-refractivity contribution in [2.45, 2.75) is 25.3 Å². The van der Waals surface area contributed by atoms with Crippen molar-refractivity contribution in [3.63, 3.8) is 0 Å². The largest absolute Gasteiger partial charge is 0.486 e. The van der Waals surface area contributed by atoms with Crippen molar-refractivity contribution in [3.8, 4) is 11.5 Å². The van der Waals surface area contributed by atoms with Gasteiger partial charge in [0.15, 0.2) is 11.5 Å². The molecule has 8 heteroatoms. The summed E-state index contributed by atoms with van der Waals surface area (Å²) in [5.74, 6) is 1.01. The summed E-state index contributed by atoms with van der Waals surface area (Å²) in [6.45, 7) is 3.31. The summed E-state index contributed by atoms with van der Waals surface area (Å²) in [4.78, 5) is 26.6. The van der Waals surface area contributed by atoms with Crippen molar-refractivity contribution in [2.24, 2.45) is 5.92 Å². The number of rotatable bonds is 3. The summed E-state index contributed by atoms with van der Waals surface area (Å²) in [6.07, 6.45) is 2.14. The average Bonchev–Trinajstić information content (AvgIpc) is 3.04. The van der Waals surface area contributed by atoms with Crippen molar-refractivity contribution in [1.82, 2.24) is 10.6 Å². The Hall–Kier alpha value is -1.99. The van der Waals surface area contributed by atoms with Gasteiger partial charge in [-0.2, -0.15) is 0 Å².